The summed E-state index contributed by atoms with van der Waals surface area (Å²) in [6.07, 6.45) is 3.97. The van der Waals surface area contributed by atoms with Crippen molar-refractivity contribution in [1.29, 1.82) is 0 Å². The zero-order valence-corrected chi connectivity index (χ0v) is 6.15. The first-order chi connectivity index (χ1) is 3.85. The number of hydrogen-bond acceptors (Lipinski definition) is 2. The molecule has 0 saturated carbocycles. The molecule has 0 N–H and O–H groups in total. The van der Waals surface area contributed by atoms with Gasteiger partial charge in [0.25, 0.3) is 0 Å². The fourth-order valence-corrected chi connectivity index (χ4v) is 0.322. The van der Waals surface area contributed by atoms with Gasteiger partial charge in [0.1, 0.15) is 0 Å². The molecule has 0 atom stereocenters. The molecule has 0 amide bonds. The maximum atomic E-state index is 9.94. The van der Waals surface area contributed by atoms with E-state index in [1.165, 1.54) is 0 Å². The minimum absolute atomic E-state index is 0. The molecule has 0 radical (unpaired) electrons. The van der Waals surface area contributed by atoms with Gasteiger partial charge in [0.15, 0.2) is 6.29 Å². The van der Waals surface area contributed by atoms with Crippen LogP contribution in [0.5, 0.6) is 0 Å². The summed E-state index contributed by atoms with van der Waals surface area (Å²) < 4.78 is 0. The molecule has 0 saturated heterocycles. The second kappa shape index (κ2) is 8.34. The van der Waals surface area contributed by atoms with Crippen LogP contribution in [0, 0.1) is 37.7 Å². The smallest absolute Gasteiger partial charge is 0.168 e. The van der Waals surface area contributed by atoms with E-state index in [2.05, 4.69) is 4.99 Å². The Balaban J connectivity index is 0. The van der Waals surface area contributed by atoms with Gasteiger partial charge < -0.3 is 0 Å². The normalized spacial score (nSPS) is 11.1. The second-order valence-corrected chi connectivity index (χ2v) is 1.22. The molecule has 0 unspecified atom stereocenters. The standard InChI is InChI=1S/C6H9NO.Ar/c1-3-6(5-8)7-4-2;/h3-5H,1-2H3;/b6-3-,7-4?;. The largest absolute Gasteiger partial charge is 0.296 e. The Labute approximate surface area is 85.0 Å². The van der Waals surface area contributed by atoms with Gasteiger partial charge in [-0.1, -0.05) is 6.08 Å². The van der Waals surface area contributed by atoms with Crippen LogP contribution in [-0.2, 0) is 4.79 Å². The third kappa shape index (κ3) is 6.22. The van der Waals surface area contributed by atoms with Gasteiger partial charge >= 0.3 is 0 Å². The van der Waals surface area contributed by atoms with Crippen LogP contribution in [-0.4, -0.2) is 12.5 Å². The number of aldehydes is 1. The van der Waals surface area contributed by atoms with Crippen molar-refractivity contribution in [3.63, 3.8) is 0 Å². The van der Waals surface area contributed by atoms with Crippen molar-refractivity contribution in [2.24, 2.45) is 4.99 Å². The van der Waals surface area contributed by atoms with Crippen LogP contribution in [0.15, 0.2) is 16.8 Å². The monoisotopic (exact) mass is 151 g/mol. The summed E-state index contributed by atoms with van der Waals surface area (Å²) in [6.45, 7) is 3.55. The minimum Gasteiger partial charge on any atom is -0.296 e. The number of carbonyl (C=O) groups is 1. The van der Waals surface area contributed by atoms with Crippen molar-refractivity contribution >= 4 is 12.5 Å². The van der Waals surface area contributed by atoms with Gasteiger partial charge in [0.05, 0.1) is 5.70 Å². The van der Waals surface area contributed by atoms with Gasteiger partial charge in [-0.05, 0) is 13.8 Å². The predicted octanol–water partition coefficient (Wildman–Crippen LogP) is 1.18. The molecular formula is C6H9ArNO. The van der Waals surface area contributed by atoms with Gasteiger partial charge in [-0.25, -0.2) is 0 Å². The van der Waals surface area contributed by atoms with Crippen LogP contribution in [0.4, 0.5) is 0 Å². The molecule has 0 aromatic carbocycles. The Kier molecular flexibility index (Phi) is 11.2. The van der Waals surface area contributed by atoms with E-state index in [4.69, 9.17) is 0 Å². The van der Waals surface area contributed by atoms with Gasteiger partial charge in [0.2, 0.25) is 0 Å². The van der Waals surface area contributed by atoms with Gasteiger partial charge in [0, 0.05) is 44.0 Å². The molecule has 9 heavy (non-hydrogen) atoms. The summed E-state index contributed by atoms with van der Waals surface area (Å²) in [5, 5.41) is 0. The number of aliphatic imine (C=N–C) groups is 1. The fraction of sp³-hybridized carbons (Fsp3) is 0.333. The number of nitrogens with zero attached hydrogens (tertiary/aromatic N) is 1. The van der Waals surface area contributed by atoms with E-state index in [1.807, 2.05) is 0 Å². The molecule has 52 valence electrons. The quantitative estimate of drug-likeness (QED) is 0.331. The molecular weight excluding hydrogens is 142 g/mol. The first kappa shape index (κ1) is 12.1. The van der Waals surface area contributed by atoms with E-state index < -0.39 is 0 Å². The van der Waals surface area contributed by atoms with E-state index in [1.54, 1.807) is 26.1 Å². The third-order valence-corrected chi connectivity index (χ3v) is 0.695. The molecule has 0 spiro atoms. The van der Waals surface area contributed by atoms with Crippen molar-refractivity contribution in [3.05, 3.63) is 11.8 Å². The maximum Gasteiger partial charge on any atom is 0.168 e. The van der Waals surface area contributed by atoms with Gasteiger partial charge in [-0.3, -0.25) is 9.79 Å². The summed E-state index contributed by atoms with van der Waals surface area (Å²) in [5.41, 5.74) is 0.479. The topological polar surface area (TPSA) is 29.4 Å². The fourth-order valence-electron chi connectivity index (χ4n) is 0.322. The average molecular weight is 151 g/mol. The molecule has 0 aliphatic rings. The summed E-state index contributed by atoms with van der Waals surface area (Å²) in [5.74, 6) is 0. The number of hydrogen-bond donors (Lipinski definition) is 0. The van der Waals surface area contributed by atoms with E-state index in [9.17, 15) is 4.79 Å². The third-order valence-electron chi connectivity index (χ3n) is 0.695. The van der Waals surface area contributed by atoms with Crippen LogP contribution in [0.3, 0.4) is 0 Å². The van der Waals surface area contributed by atoms with Gasteiger partial charge in [-0.15, -0.1) is 0 Å². The van der Waals surface area contributed by atoms with Crippen molar-refractivity contribution in [1.82, 2.24) is 0 Å². The predicted molar refractivity (Wildman–Crippen MR) is 34.0 cm³/mol. The molecule has 0 heterocycles. The van der Waals surface area contributed by atoms with E-state index in [-0.39, 0.29) is 37.7 Å². The molecule has 0 bridgehead atoms. The average Bonchev–Trinajstić information content (AvgIpc) is 1.83. The molecule has 3 heteroatoms. The Hall–Kier alpha value is 0.340. The van der Waals surface area contributed by atoms with Crippen molar-refractivity contribution in [2.75, 3.05) is 0 Å². The molecule has 0 aliphatic heterocycles. The van der Waals surface area contributed by atoms with Crippen LogP contribution < -0.4 is 0 Å². The Bertz CT molecular complexity index is 129. The Morgan fingerprint density at radius 1 is 1.44 bits per heavy atom. The number of allylic oxidation sites excluding steroid dienone is 2. The van der Waals surface area contributed by atoms with E-state index in [0.717, 1.165) is 6.29 Å². The molecule has 2 nitrogen and oxygen atoms in total. The Morgan fingerprint density at radius 2 is 2.00 bits per heavy atom. The van der Waals surface area contributed by atoms with Crippen molar-refractivity contribution in [2.45, 2.75) is 13.8 Å². The minimum atomic E-state index is 0. The van der Waals surface area contributed by atoms with E-state index >= 15 is 0 Å². The zero-order valence-electron chi connectivity index (χ0n) is 5.44. The second-order valence-electron chi connectivity index (χ2n) is 1.22. The summed E-state index contributed by atoms with van der Waals surface area (Å²) in [4.78, 5) is 13.7. The summed E-state index contributed by atoms with van der Waals surface area (Å²) in [7, 11) is 0. The van der Waals surface area contributed by atoms with E-state index in [0.29, 0.717) is 5.70 Å². The Morgan fingerprint density at radius 3 is 2.11 bits per heavy atom. The first-order valence-corrected chi connectivity index (χ1v) is 2.45. The number of carbonyl (C=O) groups excluding carboxylic acids is 1. The van der Waals surface area contributed by atoms with Crippen LogP contribution in [0.1, 0.15) is 13.8 Å². The zero-order chi connectivity index (χ0) is 6.41. The molecule has 0 aliphatic carbocycles. The molecule has 0 aromatic rings. The van der Waals surface area contributed by atoms with Crippen LogP contribution >= 0.6 is 0 Å². The number of rotatable bonds is 2. The summed E-state index contributed by atoms with van der Waals surface area (Å²) >= 11 is 0. The van der Waals surface area contributed by atoms with Crippen molar-refractivity contribution < 1.29 is 42.5 Å². The van der Waals surface area contributed by atoms with Gasteiger partial charge in [-0.2, -0.15) is 0 Å². The summed E-state index contributed by atoms with van der Waals surface area (Å²) in [6, 6.07) is 0. The molecule has 0 rings (SSSR count). The molecule has 0 aromatic heterocycles. The maximum absolute atomic E-state index is 9.94. The molecule has 0 fully saturated rings. The first-order valence-electron chi connectivity index (χ1n) is 2.45. The van der Waals surface area contributed by atoms with Crippen LogP contribution in [0.25, 0.3) is 0 Å². The van der Waals surface area contributed by atoms with Crippen LogP contribution in [0.2, 0.25) is 0 Å². The SMILES string of the molecule is CC=N/C(C=O)=C\C.[Ar]. The van der Waals surface area contributed by atoms with Crippen molar-refractivity contribution in [3.8, 4) is 0 Å².